The van der Waals surface area contributed by atoms with Crippen molar-refractivity contribution in [2.75, 3.05) is 14.1 Å². The Hall–Kier alpha value is -2.59. The third-order valence-electron chi connectivity index (χ3n) is 5.52. The van der Waals surface area contributed by atoms with Crippen LogP contribution in [0.15, 0.2) is 64.9 Å². The fourth-order valence-corrected chi connectivity index (χ4v) is 5.57. The van der Waals surface area contributed by atoms with Crippen molar-refractivity contribution >= 4 is 32.4 Å². The molecule has 0 radical (unpaired) electrons. The van der Waals surface area contributed by atoms with Gasteiger partial charge in [0, 0.05) is 25.5 Å². The molecule has 174 valence electrons. The lowest BCUT2D eigenvalue weighted by Crippen LogP contribution is -2.23. The SMILES string of the molecule is CCCn1c(CN[C@H](c2ccc(F)cc2)c2cccs2)nc2cc(S(=O)(=O)N(C)C)ccc21. The summed E-state index contributed by atoms with van der Waals surface area (Å²) in [6.07, 6.45) is 0.919. The molecule has 2 heterocycles. The number of aromatic nitrogens is 2. The van der Waals surface area contributed by atoms with Gasteiger partial charge in [-0.05, 0) is 53.8 Å². The Balaban J connectivity index is 1.69. The predicted molar refractivity (Wildman–Crippen MR) is 130 cm³/mol. The Morgan fingerprint density at radius 2 is 1.91 bits per heavy atom. The Labute approximate surface area is 197 Å². The number of nitrogens with one attached hydrogen (secondary N) is 1. The van der Waals surface area contributed by atoms with Crippen LogP contribution in [-0.2, 0) is 23.1 Å². The molecule has 2 aromatic heterocycles. The first-order valence-corrected chi connectivity index (χ1v) is 13.1. The number of sulfonamides is 1. The van der Waals surface area contributed by atoms with Gasteiger partial charge in [-0.3, -0.25) is 5.32 Å². The van der Waals surface area contributed by atoms with Gasteiger partial charge in [0.15, 0.2) is 0 Å². The van der Waals surface area contributed by atoms with Gasteiger partial charge in [0.2, 0.25) is 10.0 Å². The minimum Gasteiger partial charge on any atom is -0.327 e. The molecule has 9 heteroatoms. The quantitative estimate of drug-likeness (QED) is 0.370. The normalized spacial score (nSPS) is 13.1. The number of aryl methyl sites for hydroxylation is 1. The average Bonchev–Trinajstić information content (AvgIpc) is 3.43. The summed E-state index contributed by atoms with van der Waals surface area (Å²) in [5, 5.41) is 5.60. The van der Waals surface area contributed by atoms with E-state index in [9.17, 15) is 12.8 Å². The molecule has 0 spiro atoms. The molecule has 0 aliphatic carbocycles. The fraction of sp³-hybridized carbons (Fsp3) is 0.292. The van der Waals surface area contributed by atoms with Crippen molar-refractivity contribution in [1.29, 1.82) is 0 Å². The summed E-state index contributed by atoms with van der Waals surface area (Å²) < 4.78 is 42.0. The third kappa shape index (κ3) is 4.86. The molecule has 1 N–H and O–H groups in total. The molecule has 1 atom stereocenters. The van der Waals surface area contributed by atoms with E-state index >= 15 is 0 Å². The van der Waals surface area contributed by atoms with Gasteiger partial charge in [-0.25, -0.2) is 22.1 Å². The van der Waals surface area contributed by atoms with Crippen LogP contribution >= 0.6 is 11.3 Å². The maximum Gasteiger partial charge on any atom is 0.242 e. The maximum atomic E-state index is 13.5. The highest BCUT2D eigenvalue weighted by molar-refractivity contribution is 7.89. The van der Waals surface area contributed by atoms with E-state index in [-0.39, 0.29) is 16.8 Å². The molecule has 0 bridgehead atoms. The van der Waals surface area contributed by atoms with Crippen LogP contribution in [0.3, 0.4) is 0 Å². The summed E-state index contributed by atoms with van der Waals surface area (Å²) in [7, 11) is -0.503. The van der Waals surface area contributed by atoms with Gasteiger partial charge in [0.1, 0.15) is 11.6 Å². The molecule has 0 amide bonds. The van der Waals surface area contributed by atoms with E-state index in [4.69, 9.17) is 4.98 Å². The molecular weight excluding hydrogens is 459 g/mol. The molecule has 2 aromatic carbocycles. The van der Waals surface area contributed by atoms with E-state index in [0.717, 1.165) is 34.7 Å². The van der Waals surface area contributed by atoms with Crippen molar-refractivity contribution in [2.45, 2.75) is 37.4 Å². The zero-order valence-electron chi connectivity index (χ0n) is 18.8. The second kappa shape index (κ2) is 9.72. The maximum absolute atomic E-state index is 13.5. The zero-order chi connectivity index (χ0) is 23.6. The van der Waals surface area contributed by atoms with E-state index in [1.54, 1.807) is 35.6 Å². The van der Waals surface area contributed by atoms with Gasteiger partial charge in [-0.2, -0.15) is 0 Å². The molecule has 0 unspecified atom stereocenters. The second-order valence-electron chi connectivity index (χ2n) is 8.00. The summed E-state index contributed by atoms with van der Waals surface area (Å²) in [5.74, 6) is 0.562. The molecule has 4 rings (SSSR count). The molecule has 0 saturated carbocycles. The number of halogens is 1. The molecule has 0 aliphatic heterocycles. The standard InChI is InChI=1S/C24H27FN4O2S2/c1-4-13-29-21-12-11-19(33(30,31)28(2)3)15-20(21)27-23(29)16-26-24(22-6-5-14-32-22)17-7-9-18(25)10-8-17/h5-12,14-15,24,26H,4,13,16H2,1-3H3/t24-/m1/s1. The van der Waals surface area contributed by atoms with Gasteiger partial charge in [0.25, 0.3) is 0 Å². The molecule has 0 saturated heterocycles. The number of rotatable bonds is 9. The number of imidazole rings is 1. The molecule has 0 fully saturated rings. The number of benzene rings is 2. The summed E-state index contributed by atoms with van der Waals surface area (Å²) in [4.78, 5) is 6.14. The van der Waals surface area contributed by atoms with Gasteiger partial charge in [-0.15, -0.1) is 11.3 Å². The number of thiophene rings is 1. The third-order valence-corrected chi connectivity index (χ3v) is 8.27. The summed E-state index contributed by atoms with van der Waals surface area (Å²) >= 11 is 1.64. The van der Waals surface area contributed by atoms with Gasteiger partial charge in [0.05, 0.1) is 28.5 Å². The Kier molecular flexibility index (Phi) is 6.94. The highest BCUT2D eigenvalue weighted by atomic mass is 32.2. The van der Waals surface area contributed by atoms with Crippen molar-refractivity contribution in [3.8, 4) is 0 Å². The predicted octanol–water partition coefficient (Wildman–Crippen LogP) is 4.78. The first kappa shape index (κ1) is 23.6. The van der Waals surface area contributed by atoms with E-state index in [1.165, 1.54) is 30.5 Å². The number of nitrogens with zero attached hydrogens (tertiary/aromatic N) is 3. The lowest BCUT2D eigenvalue weighted by Gasteiger charge is -2.18. The van der Waals surface area contributed by atoms with Gasteiger partial charge >= 0.3 is 0 Å². The lowest BCUT2D eigenvalue weighted by atomic mass is 10.1. The largest absolute Gasteiger partial charge is 0.327 e. The highest BCUT2D eigenvalue weighted by Gasteiger charge is 2.21. The monoisotopic (exact) mass is 486 g/mol. The van der Waals surface area contributed by atoms with Crippen LogP contribution in [0.5, 0.6) is 0 Å². The minimum atomic E-state index is -3.54. The van der Waals surface area contributed by atoms with Gasteiger partial charge < -0.3 is 4.57 Å². The van der Waals surface area contributed by atoms with Crippen LogP contribution in [-0.4, -0.2) is 36.4 Å². The van der Waals surface area contributed by atoms with Crippen LogP contribution in [0.4, 0.5) is 4.39 Å². The fourth-order valence-electron chi connectivity index (χ4n) is 3.83. The summed E-state index contributed by atoms with van der Waals surface area (Å²) in [5.41, 5.74) is 2.52. The van der Waals surface area contributed by atoms with Crippen molar-refractivity contribution in [2.24, 2.45) is 0 Å². The Morgan fingerprint density at radius 3 is 2.55 bits per heavy atom. The Bertz CT molecular complexity index is 1330. The summed E-state index contributed by atoms with van der Waals surface area (Å²) in [6.45, 7) is 3.35. The zero-order valence-corrected chi connectivity index (χ0v) is 20.5. The second-order valence-corrected chi connectivity index (χ2v) is 11.1. The lowest BCUT2D eigenvalue weighted by molar-refractivity contribution is 0.521. The molecule has 4 aromatic rings. The van der Waals surface area contributed by atoms with E-state index in [1.807, 2.05) is 17.5 Å². The van der Waals surface area contributed by atoms with Crippen molar-refractivity contribution in [3.63, 3.8) is 0 Å². The number of fused-ring (bicyclic) bond motifs is 1. The van der Waals surface area contributed by atoms with Crippen LogP contribution in [0, 0.1) is 5.82 Å². The number of hydrogen-bond donors (Lipinski definition) is 1. The molecule has 6 nitrogen and oxygen atoms in total. The molecule has 33 heavy (non-hydrogen) atoms. The van der Waals surface area contributed by atoms with E-state index < -0.39 is 10.0 Å². The molecule has 0 aliphatic rings. The van der Waals surface area contributed by atoms with Crippen LogP contribution in [0.1, 0.15) is 35.7 Å². The van der Waals surface area contributed by atoms with E-state index in [0.29, 0.717) is 12.1 Å². The van der Waals surface area contributed by atoms with Crippen molar-refractivity contribution in [3.05, 3.63) is 82.1 Å². The van der Waals surface area contributed by atoms with Crippen LogP contribution in [0.2, 0.25) is 0 Å². The highest BCUT2D eigenvalue weighted by Crippen LogP contribution is 2.28. The number of hydrogen-bond acceptors (Lipinski definition) is 5. The van der Waals surface area contributed by atoms with E-state index in [2.05, 4.69) is 22.9 Å². The van der Waals surface area contributed by atoms with Crippen LogP contribution in [0.25, 0.3) is 11.0 Å². The van der Waals surface area contributed by atoms with Crippen LogP contribution < -0.4 is 5.32 Å². The smallest absolute Gasteiger partial charge is 0.242 e. The Morgan fingerprint density at radius 1 is 1.15 bits per heavy atom. The van der Waals surface area contributed by atoms with Crippen molar-refractivity contribution in [1.82, 2.24) is 19.2 Å². The topological polar surface area (TPSA) is 67.2 Å². The molecular formula is C24H27FN4O2S2. The van der Waals surface area contributed by atoms with Gasteiger partial charge in [-0.1, -0.05) is 25.1 Å². The van der Waals surface area contributed by atoms with Crippen molar-refractivity contribution < 1.29 is 12.8 Å². The average molecular weight is 487 g/mol. The first-order chi connectivity index (χ1) is 15.8. The summed E-state index contributed by atoms with van der Waals surface area (Å²) in [6, 6.07) is 15.6. The minimum absolute atomic E-state index is 0.106. The first-order valence-electron chi connectivity index (χ1n) is 10.7.